The van der Waals surface area contributed by atoms with Crippen LogP contribution in [-0.4, -0.2) is 77.5 Å². The zero-order valence-electron chi connectivity index (χ0n) is 28.7. The fourth-order valence-electron chi connectivity index (χ4n) is 7.87. The summed E-state index contributed by atoms with van der Waals surface area (Å²) in [6.45, 7) is 14.6. The van der Waals surface area contributed by atoms with Crippen LogP contribution in [0.1, 0.15) is 80.6 Å². The first-order valence-corrected chi connectivity index (χ1v) is 16.9. The molecule has 5 rings (SSSR count). The van der Waals surface area contributed by atoms with Crippen molar-refractivity contribution in [2.24, 2.45) is 28.8 Å². The van der Waals surface area contributed by atoms with Gasteiger partial charge >= 0.3 is 5.97 Å². The van der Waals surface area contributed by atoms with E-state index in [9.17, 15) is 15.0 Å². The third kappa shape index (κ3) is 6.99. The highest BCUT2D eigenvalue weighted by atomic mass is 16.7. The second-order valence-corrected chi connectivity index (χ2v) is 14.5. The fraction of sp³-hybridized carbons (Fsp3) is 0.676. The Bertz CT molecular complexity index is 1340. The normalized spacial score (nSPS) is 41.5. The van der Waals surface area contributed by atoms with E-state index in [-0.39, 0.29) is 36.2 Å². The molecule has 0 aromatic carbocycles. The van der Waals surface area contributed by atoms with E-state index < -0.39 is 41.6 Å². The monoisotopic (exact) mass is 639 g/mol. The molecular formula is C37H53NO8. The number of oxime groups is 1. The van der Waals surface area contributed by atoms with Crippen LogP contribution in [0.4, 0.5) is 0 Å². The predicted octanol–water partition coefficient (Wildman–Crippen LogP) is 5.73. The van der Waals surface area contributed by atoms with Crippen LogP contribution in [0.2, 0.25) is 0 Å². The molecule has 0 aromatic rings. The van der Waals surface area contributed by atoms with E-state index in [2.05, 4.69) is 64.9 Å². The first-order valence-electron chi connectivity index (χ1n) is 16.9. The Morgan fingerprint density at radius 2 is 1.96 bits per heavy atom. The minimum atomic E-state index is -1.80. The number of ether oxygens (including phenoxy) is 4. The summed E-state index contributed by atoms with van der Waals surface area (Å²) in [6.07, 6.45) is 11.4. The van der Waals surface area contributed by atoms with Crippen molar-refractivity contribution in [3.63, 3.8) is 0 Å². The number of hydrogen-bond acceptors (Lipinski definition) is 9. The Hall–Kier alpha value is -2.56. The van der Waals surface area contributed by atoms with Gasteiger partial charge in [-0.15, -0.1) is 0 Å². The van der Waals surface area contributed by atoms with Crippen LogP contribution in [0.15, 0.2) is 63.9 Å². The van der Waals surface area contributed by atoms with Gasteiger partial charge in [-0.3, -0.25) is 0 Å². The lowest BCUT2D eigenvalue weighted by molar-refractivity contribution is -0.313. The minimum Gasteiger partial charge on any atom is -0.459 e. The molecule has 5 aliphatic rings. The van der Waals surface area contributed by atoms with Gasteiger partial charge in [0, 0.05) is 31.1 Å². The molecule has 0 unspecified atom stereocenters. The van der Waals surface area contributed by atoms with E-state index in [0.29, 0.717) is 37.2 Å². The maximum atomic E-state index is 14.1. The van der Waals surface area contributed by atoms with E-state index in [1.807, 2.05) is 19.1 Å². The van der Waals surface area contributed by atoms with Crippen molar-refractivity contribution in [2.45, 2.75) is 122 Å². The van der Waals surface area contributed by atoms with E-state index in [4.69, 9.17) is 23.8 Å². The van der Waals surface area contributed by atoms with Crippen molar-refractivity contribution >= 4 is 11.7 Å². The SMILES string of the molecule is CO/N=C1\C[C@]2(C[C@@H]3C[C@@H](CC=C(C)C[C@@H](C)C=CC=C4CO[C@@H]5[C@H](O)[C@@H](C)C=C(C(=O)O3)[C@]45O)O2)O[C@H](/C(C)=C/C(C)C)[C@H]1C. The zero-order valence-corrected chi connectivity index (χ0v) is 28.7. The Morgan fingerprint density at radius 3 is 2.67 bits per heavy atom. The van der Waals surface area contributed by atoms with Crippen LogP contribution < -0.4 is 0 Å². The van der Waals surface area contributed by atoms with Gasteiger partial charge in [-0.1, -0.05) is 81.8 Å². The van der Waals surface area contributed by atoms with Crippen LogP contribution in [0, 0.1) is 23.7 Å². The van der Waals surface area contributed by atoms with Gasteiger partial charge in [0.05, 0.1) is 36.2 Å². The minimum absolute atomic E-state index is 0.0353. The summed E-state index contributed by atoms with van der Waals surface area (Å²) >= 11 is 0. The molecule has 1 spiro atoms. The van der Waals surface area contributed by atoms with Gasteiger partial charge < -0.3 is 34.0 Å². The van der Waals surface area contributed by atoms with Crippen molar-refractivity contribution in [1.82, 2.24) is 0 Å². The molecule has 0 radical (unpaired) electrons. The molecular weight excluding hydrogens is 586 g/mol. The molecule has 9 nitrogen and oxygen atoms in total. The predicted molar refractivity (Wildman–Crippen MR) is 176 cm³/mol. The maximum absolute atomic E-state index is 14.1. The molecule has 1 aliphatic carbocycles. The summed E-state index contributed by atoms with van der Waals surface area (Å²) in [4.78, 5) is 19.4. The Kier molecular flexibility index (Phi) is 10.5. The number of aliphatic hydroxyl groups is 2. The van der Waals surface area contributed by atoms with Crippen LogP contribution in [-0.2, 0) is 28.6 Å². The largest absolute Gasteiger partial charge is 0.459 e. The number of carbonyl (C=O) groups is 1. The van der Waals surface area contributed by atoms with Gasteiger partial charge in [0.2, 0.25) is 0 Å². The van der Waals surface area contributed by atoms with Crippen molar-refractivity contribution in [3.05, 3.63) is 58.7 Å². The third-order valence-corrected chi connectivity index (χ3v) is 10.1. The van der Waals surface area contributed by atoms with Crippen molar-refractivity contribution < 1.29 is 38.8 Å². The number of allylic oxidation sites excluding steroid dienone is 5. The number of rotatable bonds is 3. The quantitative estimate of drug-likeness (QED) is 0.229. The smallest absolute Gasteiger partial charge is 0.337 e. The average molecular weight is 640 g/mol. The molecule has 2 N–H and O–H groups in total. The second kappa shape index (κ2) is 13.9. The lowest BCUT2D eigenvalue weighted by Gasteiger charge is -2.50. The van der Waals surface area contributed by atoms with Gasteiger partial charge in [-0.05, 0) is 49.7 Å². The number of aliphatic hydroxyl groups excluding tert-OH is 1. The summed E-state index contributed by atoms with van der Waals surface area (Å²) in [6, 6.07) is 0. The zero-order chi connectivity index (χ0) is 33.4. The van der Waals surface area contributed by atoms with Gasteiger partial charge in [-0.2, -0.15) is 0 Å². The molecule has 46 heavy (non-hydrogen) atoms. The summed E-state index contributed by atoms with van der Waals surface area (Å²) < 4.78 is 26.0. The molecule has 2 bridgehead atoms. The number of nitrogens with zero attached hydrogens (tertiary/aromatic N) is 1. The molecule has 9 heteroatoms. The van der Waals surface area contributed by atoms with Crippen LogP contribution in [0.5, 0.6) is 0 Å². The fourth-order valence-corrected chi connectivity index (χ4v) is 7.87. The standard InChI is InChI=1S/C37H53NO8/c1-21(2)14-25(6)33-26(7)31(38-42-8)19-36(46-33)18-29-17-28(45-36)13-12-23(4)15-22(3)10-9-11-27-20-43-34-32(39)24(5)16-30(35(40)44-29)37(27,34)41/h9-12,14,16,21-22,24,26,28-29,32-34,39,41H,13,15,17-20H2,1-8H3/b10-9?,23-12?,25-14+,27-11?,38-31+/t22-,24-,26-,28+,29-,32+,33+,34+,36-,37+/m0/s1. The van der Waals surface area contributed by atoms with E-state index in [0.717, 1.165) is 17.7 Å². The molecule has 10 atom stereocenters. The van der Waals surface area contributed by atoms with Crippen LogP contribution in [0.25, 0.3) is 0 Å². The Morgan fingerprint density at radius 1 is 1.20 bits per heavy atom. The third-order valence-electron chi connectivity index (χ3n) is 10.1. The molecule has 4 heterocycles. The number of esters is 1. The van der Waals surface area contributed by atoms with Crippen molar-refractivity contribution in [1.29, 1.82) is 0 Å². The number of hydrogen-bond donors (Lipinski definition) is 2. The summed E-state index contributed by atoms with van der Waals surface area (Å²) in [5.74, 6) is -1.59. The van der Waals surface area contributed by atoms with E-state index >= 15 is 0 Å². The molecule has 3 saturated heterocycles. The van der Waals surface area contributed by atoms with Gasteiger partial charge in [0.1, 0.15) is 24.9 Å². The Balaban J connectivity index is 1.56. The Labute approximate surface area is 274 Å². The molecule has 0 saturated carbocycles. The van der Waals surface area contributed by atoms with Crippen molar-refractivity contribution in [2.75, 3.05) is 13.7 Å². The second-order valence-electron chi connectivity index (χ2n) is 14.5. The summed E-state index contributed by atoms with van der Waals surface area (Å²) in [7, 11) is 1.55. The highest BCUT2D eigenvalue weighted by Gasteiger charge is 2.59. The lowest BCUT2D eigenvalue weighted by atomic mass is 9.72. The number of fused-ring (bicyclic) bond motifs is 2. The highest BCUT2D eigenvalue weighted by molar-refractivity contribution is 5.93. The molecule has 4 aliphatic heterocycles. The summed E-state index contributed by atoms with van der Waals surface area (Å²) in [5, 5.41) is 27.6. The van der Waals surface area contributed by atoms with Crippen LogP contribution >= 0.6 is 0 Å². The molecule has 0 amide bonds. The topological polar surface area (TPSA) is 116 Å². The first-order chi connectivity index (χ1) is 21.8. The molecule has 0 aromatic heterocycles. The molecule has 254 valence electrons. The summed E-state index contributed by atoms with van der Waals surface area (Å²) in [5.41, 5.74) is 1.99. The maximum Gasteiger partial charge on any atom is 0.337 e. The van der Waals surface area contributed by atoms with Crippen molar-refractivity contribution in [3.8, 4) is 0 Å². The van der Waals surface area contributed by atoms with E-state index in [1.54, 1.807) is 13.2 Å². The van der Waals surface area contributed by atoms with Gasteiger partial charge in [-0.25, -0.2) is 4.79 Å². The average Bonchev–Trinajstić information content (AvgIpc) is 3.31. The first kappa shape index (κ1) is 34.8. The molecule has 3 fully saturated rings. The number of carbonyl (C=O) groups excluding carboxylic acids is 1. The van der Waals surface area contributed by atoms with Gasteiger partial charge in [0.15, 0.2) is 5.79 Å². The van der Waals surface area contributed by atoms with Crippen LogP contribution in [0.3, 0.4) is 0 Å². The highest BCUT2D eigenvalue weighted by Crippen LogP contribution is 2.47. The lowest BCUT2D eigenvalue weighted by Crippen LogP contribution is -2.58. The van der Waals surface area contributed by atoms with E-state index in [1.165, 1.54) is 5.57 Å². The van der Waals surface area contributed by atoms with Gasteiger partial charge in [0.25, 0.3) is 0 Å².